The average Bonchev–Trinajstić information content (AvgIpc) is 2.56. The quantitative estimate of drug-likeness (QED) is 0.645. The highest BCUT2D eigenvalue weighted by Crippen LogP contribution is 2.10. The summed E-state index contributed by atoms with van der Waals surface area (Å²) in [6.07, 6.45) is 2.22. The molecule has 3 nitrogen and oxygen atoms in total. The SMILES string of the molecule is CCCc1ccc(C(C)=NNC(=O)c2ccc(C)c(C)c2)cc1. The number of carbonyl (C=O) groups is 1. The van der Waals surface area contributed by atoms with Crippen molar-refractivity contribution in [2.24, 2.45) is 5.10 Å². The average molecular weight is 308 g/mol. The third-order valence-electron chi connectivity index (χ3n) is 4.00. The lowest BCUT2D eigenvalue weighted by molar-refractivity contribution is 0.0954. The standard InChI is InChI=1S/C20H24N2O/c1-5-6-17-8-11-18(12-9-17)16(4)21-22-20(23)19-10-7-14(2)15(3)13-19/h7-13H,5-6H2,1-4H3,(H,22,23). The Bertz CT molecular complexity index is 715. The van der Waals surface area contributed by atoms with Crippen LogP contribution in [0.25, 0.3) is 0 Å². The van der Waals surface area contributed by atoms with Gasteiger partial charge in [-0.2, -0.15) is 5.10 Å². The molecule has 3 heteroatoms. The Morgan fingerprint density at radius 3 is 2.26 bits per heavy atom. The van der Waals surface area contributed by atoms with E-state index < -0.39 is 0 Å². The molecule has 0 aliphatic heterocycles. The number of benzene rings is 2. The Morgan fingerprint density at radius 2 is 1.65 bits per heavy atom. The smallest absolute Gasteiger partial charge is 0.267 e. The summed E-state index contributed by atoms with van der Waals surface area (Å²) < 4.78 is 0. The van der Waals surface area contributed by atoms with Crippen LogP contribution in [-0.2, 0) is 6.42 Å². The van der Waals surface area contributed by atoms with Crippen LogP contribution in [0.2, 0.25) is 0 Å². The van der Waals surface area contributed by atoms with Crippen LogP contribution in [0.1, 0.15) is 52.9 Å². The van der Waals surface area contributed by atoms with Gasteiger partial charge in [-0.3, -0.25) is 4.79 Å². The Hall–Kier alpha value is -2.42. The number of carbonyl (C=O) groups excluding carboxylic acids is 1. The third-order valence-corrected chi connectivity index (χ3v) is 4.00. The van der Waals surface area contributed by atoms with Gasteiger partial charge in [0.1, 0.15) is 0 Å². The molecular weight excluding hydrogens is 284 g/mol. The molecule has 0 radical (unpaired) electrons. The van der Waals surface area contributed by atoms with Crippen molar-refractivity contribution in [1.29, 1.82) is 0 Å². The molecule has 0 aliphatic carbocycles. The minimum Gasteiger partial charge on any atom is -0.267 e. The molecule has 0 saturated heterocycles. The predicted octanol–water partition coefficient (Wildman–Crippen LogP) is 4.41. The zero-order valence-corrected chi connectivity index (χ0v) is 14.3. The molecule has 120 valence electrons. The van der Waals surface area contributed by atoms with Crippen molar-refractivity contribution < 1.29 is 4.79 Å². The fourth-order valence-corrected chi connectivity index (χ4v) is 2.35. The minimum absolute atomic E-state index is 0.185. The van der Waals surface area contributed by atoms with Crippen LogP contribution in [0.5, 0.6) is 0 Å². The second-order valence-electron chi connectivity index (χ2n) is 5.88. The van der Waals surface area contributed by atoms with Crippen molar-refractivity contribution in [2.75, 3.05) is 0 Å². The van der Waals surface area contributed by atoms with Crippen LogP contribution in [0.15, 0.2) is 47.6 Å². The van der Waals surface area contributed by atoms with Crippen molar-refractivity contribution in [3.63, 3.8) is 0 Å². The normalized spacial score (nSPS) is 11.4. The van der Waals surface area contributed by atoms with E-state index in [-0.39, 0.29) is 5.91 Å². The maximum absolute atomic E-state index is 12.2. The summed E-state index contributed by atoms with van der Waals surface area (Å²) in [7, 11) is 0. The zero-order chi connectivity index (χ0) is 16.8. The fraction of sp³-hybridized carbons (Fsp3) is 0.300. The highest BCUT2D eigenvalue weighted by atomic mass is 16.2. The number of rotatable bonds is 5. The molecule has 0 aromatic heterocycles. The molecule has 1 amide bonds. The fourth-order valence-electron chi connectivity index (χ4n) is 2.35. The van der Waals surface area contributed by atoms with E-state index in [0.717, 1.165) is 29.7 Å². The topological polar surface area (TPSA) is 41.5 Å². The summed E-state index contributed by atoms with van der Waals surface area (Å²) in [5.41, 5.74) is 8.67. The van der Waals surface area contributed by atoms with E-state index in [1.807, 2.05) is 51.1 Å². The molecule has 0 aliphatic rings. The number of hydrogen-bond acceptors (Lipinski definition) is 2. The van der Waals surface area contributed by atoms with Gasteiger partial charge in [0.2, 0.25) is 0 Å². The van der Waals surface area contributed by atoms with Crippen molar-refractivity contribution in [3.05, 3.63) is 70.3 Å². The second-order valence-corrected chi connectivity index (χ2v) is 5.88. The number of aryl methyl sites for hydroxylation is 3. The van der Waals surface area contributed by atoms with Crippen LogP contribution in [0.4, 0.5) is 0 Å². The molecule has 0 saturated carbocycles. The molecule has 0 fully saturated rings. The zero-order valence-electron chi connectivity index (χ0n) is 14.3. The Kier molecular flexibility index (Phi) is 5.69. The van der Waals surface area contributed by atoms with E-state index in [1.54, 1.807) is 0 Å². The molecule has 0 atom stereocenters. The van der Waals surface area contributed by atoms with E-state index in [4.69, 9.17) is 0 Å². The van der Waals surface area contributed by atoms with Crippen molar-refractivity contribution in [3.8, 4) is 0 Å². The van der Waals surface area contributed by atoms with E-state index in [2.05, 4.69) is 29.6 Å². The van der Waals surface area contributed by atoms with Gasteiger partial charge < -0.3 is 0 Å². The van der Waals surface area contributed by atoms with E-state index >= 15 is 0 Å². The van der Waals surface area contributed by atoms with Gasteiger partial charge in [-0.05, 0) is 61.6 Å². The van der Waals surface area contributed by atoms with Crippen LogP contribution >= 0.6 is 0 Å². The Labute approximate surface area is 138 Å². The molecule has 2 aromatic carbocycles. The van der Waals surface area contributed by atoms with Crippen LogP contribution < -0.4 is 5.43 Å². The summed E-state index contributed by atoms with van der Waals surface area (Å²) in [6.45, 7) is 8.10. The minimum atomic E-state index is -0.185. The highest BCUT2D eigenvalue weighted by molar-refractivity contribution is 6.00. The van der Waals surface area contributed by atoms with Crippen LogP contribution in [0, 0.1) is 13.8 Å². The molecule has 0 heterocycles. The lowest BCUT2D eigenvalue weighted by Crippen LogP contribution is -2.19. The van der Waals surface area contributed by atoms with E-state index in [0.29, 0.717) is 5.56 Å². The van der Waals surface area contributed by atoms with Crippen molar-refractivity contribution in [2.45, 2.75) is 40.5 Å². The van der Waals surface area contributed by atoms with Crippen LogP contribution in [0.3, 0.4) is 0 Å². The third kappa shape index (κ3) is 4.52. The van der Waals surface area contributed by atoms with E-state index in [9.17, 15) is 4.79 Å². The molecule has 2 rings (SSSR count). The summed E-state index contributed by atoms with van der Waals surface area (Å²) in [5.74, 6) is -0.185. The molecular formula is C20H24N2O. The second kappa shape index (κ2) is 7.73. The maximum Gasteiger partial charge on any atom is 0.271 e. The molecule has 1 N–H and O–H groups in total. The summed E-state index contributed by atoms with van der Waals surface area (Å²) in [6, 6.07) is 14.0. The first-order valence-corrected chi connectivity index (χ1v) is 8.02. The monoisotopic (exact) mass is 308 g/mol. The van der Waals surface area contributed by atoms with Gasteiger partial charge in [-0.15, -0.1) is 0 Å². The predicted molar refractivity (Wildman–Crippen MR) is 96.0 cm³/mol. The van der Waals surface area contributed by atoms with Gasteiger partial charge in [0.05, 0.1) is 5.71 Å². The Morgan fingerprint density at radius 1 is 1.00 bits per heavy atom. The van der Waals surface area contributed by atoms with Gasteiger partial charge >= 0.3 is 0 Å². The lowest BCUT2D eigenvalue weighted by atomic mass is 10.1. The highest BCUT2D eigenvalue weighted by Gasteiger charge is 2.06. The number of nitrogens with zero attached hydrogens (tertiary/aromatic N) is 1. The lowest BCUT2D eigenvalue weighted by Gasteiger charge is -2.06. The van der Waals surface area contributed by atoms with Gasteiger partial charge in [0.25, 0.3) is 5.91 Å². The molecule has 2 aromatic rings. The van der Waals surface area contributed by atoms with Crippen molar-refractivity contribution >= 4 is 11.6 Å². The maximum atomic E-state index is 12.2. The first kappa shape index (κ1) is 16.9. The summed E-state index contributed by atoms with van der Waals surface area (Å²) in [4.78, 5) is 12.2. The number of amides is 1. The summed E-state index contributed by atoms with van der Waals surface area (Å²) >= 11 is 0. The first-order chi connectivity index (χ1) is 11.0. The number of hydrogen-bond donors (Lipinski definition) is 1. The molecule has 23 heavy (non-hydrogen) atoms. The number of nitrogens with one attached hydrogen (secondary N) is 1. The first-order valence-electron chi connectivity index (χ1n) is 8.02. The largest absolute Gasteiger partial charge is 0.271 e. The van der Waals surface area contributed by atoms with Gasteiger partial charge in [-0.25, -0.2) is 5.43 Å². The van der Waals surface area contributed by atoms with Gasteiger partial charge in [0.15, 0.2) is 0 Å². The van der Waals surface area contributed by atoms with Gasteiger partial charge in [0, 0.05) is 5.56 Å². The molecule has 0 unspecified atom stereocenters. The molecule has 0 spiro atoms. The molecule has 0 bridgehead atoms. The van der Waals surface area contributed by atoms with E-state index in [1.165, 1.54) is 11.1 Å². The number of hydrazone groups is 1. The Balaban J connectivity index is 2.05. The van der Waals surface area contributed by atoms with Gasteiger partial charge in [-0.1, -0.05) is 43.7 Å². The summed E-state index contributed by atoms with van der Waals surface area (Å²) in [5, 5.41) is 4.22. The van der Waals surface area contributed by atoms with Crippen LogP contribution in [-0.4, -0.2) is 11.6 Å². The van der Waals surface area contributed by atoms with Crippen molar-refractivity contribution in [1.82, 2.24) is 5.43 Å².